The third kappa shape index (κ3) is 7.65. The summed E-state index contributed by atoms with van der Waals surface area (Å²) < 4.78 is 0. The SMILES string of the molecule is CCN(CCCN(C)C)CCC1CCC(C(C)(C)C)CC1. The molecule has 126 valence electrons. The number of nitrogens with zero attached hydrogens (tertiary/aromatic N) is 2. The van der Waals surface area contributed by atoms with Crippen molar-refractivity contribution in [3.05, 3.63) is 0 Å². The Morgan fingerprint density at radius 2 is 1.52 bits per heavy atom. The van der Waals surface area contributed by atoms with E-state index in [9.17, 15) is 0 Å². The Morgan fingerprint density at radius 3 is 2.00 bits per heavy atom. The number of hydrogen-bond acceptors (Lipinski definition) is 2. The van der Waals surface area contributed by atoms with Crippen LogP contribution in [0.3, 0.4) is 0 Å². The van der Waals surface area contributed by atoms with Gasteiger partial charge in [0.05, 0.1) is 0 Å². The van der Waals surface area contributed by atoms with Crippen molar-refractivity contribution in [2.75, 3.05) is 40.3 Å². The first kappa shape index (κ1) is 19.0. The summed E-state index contributed by atoms with van der Waals surface area (Å²) in [5, 5.41) is 0. The maximum Gasteiger partial charge on any atom is -0.000667 e. The van der Waals surface area contributed by atoms with E-state index in [0.717, 1.165) is 11.8 Å². The second-order valence-corrected chi connectivity index (χ2v) is 8.46. The predicted molar refractivity (Wildman–Crippen MR) is 94.8 cm³/mol. The summed E-state index contributed by atoms with van der Waals surface area (Å²) >= 11 is 0. The average Bonchev–Trinajstić information content (AvgIpc) is 2.41. The Labute approximate surface area is 134 Å². The molecule has 0 amide bonds. The first-order valence-corrected chi connectivity index (χ1v) is 9.20. The molecule has 1 aliphatic carbocycles. The van der Waals surface area contributed by atoms with Gasteiger partial charge >= 0.3 is 0 Å². The summed E-state index contributed by atoms with van der Waals surface area (Å²) in [6.45, 7) is 14.6. The van der Waals surface area contributed by atoms with E-state index < -0.39 is 0 Å². The van der Waals surface area contributed by atoms with Gasteiger partial charge in [-0.05, 0) is 83.2 Å². The van der Waals surface area contributed by atoms with E-state index in [0.29, 0.717) is 5.41 Å². The maximum atomic E-state index is 2.65. The van der Waals surface area contributed by atoms with Crippen molar-refractivity contribution in [2.24, 2.45) is 17.3 Å². The highest BCUT2D eigenvalue weighted by molar-refractivity contribution is 4.81. The largest absolute Gasteiger partial charge is 0.309 e. The molecule has 2 heteroatoms. The molecule has 0 aromatic carbocycles. The second kappa shape index (κ2) is 9.15. The molecule has 0 N–H and O–H groups in total. The highest BCUT2D eigenvalue weighted by Gasteiger charge is 2.29. The van der Waals surface area contributed by atoms with Crippen molar-refractivity contribution in [2.45, 2.75) is 66.2 Å². The molecule has 0 aromatic heterocycles. The van der Waals surface area contributed by atoms with Crippen molar-refractivity contribution in [1.29, 1.82) is 0 Å². The Balaban J connectivity index is 2.19. The van der Waals surface area contributed by atoms with Crippen LogP contribution in [0.5, 0.6) is 0 Å². The summed E-state index contributed by atoms with van der Waals surface area (Å²) in [7, 11) is 4.34. The minimum absolute atomic E-state index is 0.520. The van der Waals surface area contributed by atoms with Crippen LogP contribution in [0.1, 0.15) is 66.2 Å². The zero-order valence-electron chi connectivity index (χ0n) is 15.6. The maximum absolute atomic E-state index is 2.65. The lowest BCUT2D eigenvalue weighted by Crippen LogP contribution is -2.31. The van der Waals surface area contributed by atoms with Crippen LogP contribution in [0.4, 0.5) is 0 Å². The van der Waals surface area contributed by atoms with Crippen LogP contribution >= 0.6 is 0 Å². The Hall–Kier alpha value is -0.0800. The van der Waals surface area contributed by atoms with E-state index in [1.165, 1.54) is 64.7 Å². The van der Waals surface area contributed by atoms with Gasteiger partial charge in [0.25, 0.3) is 0 Å². The van der Waals surface area contributed by atoms with Crippen molar-refractivity contribution in [3.8, 4) is 0 Å². The summed E-state index contributed by atoms with van der Waals surface area (Å²) in [4.78, 5) is 4.95. The topological polar surface area (TPSA) is 6.48 Å². The van der Waals surface area contributed by atoms with Gasteiger partial charge in [-0.15, -0.1) is 0 Å². The molecular weight excluding hydrogens is 256 g/mol. The molecule has 21 heavy (non-hydrogen) atoms. The summed E-state index contributed by atoms with van der Waals surface area (Å²) in [5.41, 5.74) is 0.520. The van der Waals surface area contributed by atoms with Crippen LogP contribution in [0, 0.1) is 17.3 Å². The van der Waals surface area contributed by atoms with E-state index in [2.05, 4.69) is 51.6 Å². The molecule has 0 atom stereocenters. The highest BCUT2D eigenvalue weighted by atomic mass is 15.1. The van der Waals surface area contributed by atoms with Gasteiger partial charge in [0.15, 0.2) is 0 Å². The van der Waals surface area contributed by atoms with Crippen LogP contribution in [0.15, 0.2) is 0 Å². The summed E-state index contributed by atoms with van der Waals surface area (Å²) in [6, 6.07) is 0. The molecule has 0 aliphatic heterocycles. The summed E-state index contributed by atoms with van der Waals surface area (Å²) in [6.07, 6.45) is 8.58. The van der Waals surface area contributed by atoms with Crippen molar-refractivity contribution < 1.29 is 0 Å². The molecule has 0 saturated heterocycles. The van der Waals surface area contributed by atoms with Crippen LogP contribution in [-0.2, 0) is 0 Å². The van der Waals surface area contributed by atoms with E-state index in [1.54, 1.807) is 0 Å². The molecule has 0 heterocycles. The molecular formula is C19H40N2. The molecule has 2 nitrogen and oxygen atoms in total. The Morgan fingerprint density at radius 1 is 0.905 bits per heavy atom. The molecule has 0 spiro atoms. The van der Waals surface area contributed by atoms with Gasteiger partial charge < -0.3 is 9.80 Å². The Bertz CT molecular complexity index is 259. The van der Waals surface area contributed by atoms with Gasteiger partial charge in [-0.1, -0.05) is 40.5 Å². The third-order valence-electron chi connectivity index (χ3n) is 5.45. The quantitative estimate of drug-likeness (QED) is 0.650. The van der Waals surface area contributed by atoms with Gasteiger partial charge in [-0.2, -0.15) is 0 Å². The highest BCUT2D eigenvalue weighted by Crippen LogP contribution is 2.40. The zero-order chi connectivity index (χ0) is 15.9. The number of rotatable bonds is 8. The van der Waals surface area contributed by atoms with Crippen molar-refractivity contribution in [3.63, 3.8) is 0 Å². The molecule has 0 bridgehead atoms. The van der Waals surface area contributed by atoms with Gasteiger partial charge in [-0.3, -0.25) is 0 Å². The minimum Gasteiger partial charge on any atom is -0.309 e. The van der Waals surface area contributed by atoms with E-state index in [1.807, 2.05) is 0 Å². The minimum atomic E-state index is 0.520. The van der Waals surface area contributed by atoms with E-state index in [-0.39, 0.29) is 0 Å². The first-order valence-electron chi connectivity index (χ1n) is 9.20. The van der Waals surface area contributed by atoms with Crippen LogP contribution in [0.2, 0.25) is 0 Å². The Kier molecular flexibility index (Phi) is 8.26. The van der Waals surface area contributed by atoms with Crippen LogP contribution in [-0.4, -0.2) is 50.1 Å². The third-order valence-corrected chi connectivity index (χ3v) is 5.45. The fourth-order valence-corrected chi connectivity index (χ4v) is 3.72. The molecule has 0 radical (unpaired) electrons. The smallest absolute Gasteiger partial charge is 0.000667 e. The normalized spacial score (nSPS) is 24.0. The lowest BCUT2D eigenvalue weighted by molar-refractivity contribution is 0.138. The second-order valence-electron chi connectivity index (χ2n) is 8.46. The van der Waals surface area contributed by atoms with Gasteiger partial charge in [-0.25, -0.2) is 0 Å². The average molecular weight is 297 g/mol. The summed E-state index contributed by atoms with van der Waals surface area (Å²) in [5.74, 6) is 1.95. The lowest BCUT2D eigenvalue weighted by atomic mass is 9.69. The molecule has 1 saturated carbocycles. The molecule has 1 aliphatic rings. The van der Waals surface area contributed by atoms with Gasteiger partial charge in [0.1, 0.15) is 0 Å². The fraction of sp³-hybridized carbons (Fsp3) is 1.00. The van der Waals surface area contributed by atoms with Crippen LogP contribution in [0.25, 0.3) is 0 Å². The number of hydrogen-bond donors (Lipinski definition) is 0. The predicted octanol–water partition coefficient (Wildman–Crippen LogP) is 4.50. The van der Waals surface area contributed by atoms with Gasteiger partial charge in [0, 0.05) is 0 Å². The lowest BCUT2D eigenvalue weighted by Gasteiger charge is -2.37. The standard InChI is InChI=1S/C19H40N2/c1-7-21(15-8-14-20(5)6)16-13-17-9-11-18(12-10-17)19(2,3)4/h17-18H,7-16H2,1-6H3. The van der Waals surface area contributed by atoms with E-state index >= 15 is 0 Å². The molecule has 0 aromatic rings. The van der Waals surface area contributed by atoms with E-state index in [4.69, 9.17) is 0 Å². The molecule has 1 rings (SSSR count). The van der Waals surface area contributed by atoms with Crippen LogP contribution < -0.4 is 0 Å². The fourth-order valence-electron chi connectivity index (χ4n) is 3.72. The monoisotopic (exact) mass is 296 g/mol. The zero-order valence-corrected chi connectivity index (χ0v) is 15.6. The van der Waals surface area contributed by atoms with Crippen molar-refractivity contribution in [1.82, 2.24) is 9.80 Å². The first-order chi connectivity index (χ1) is 9.82. The van der Waals surface area contributed by atoms with Crippen molar-refractivity contribution >= 4 is 0 Å². The molecule has 1 fully saturated rings. The van der Waals surface area contributed by atoms with Gasteiger partial charge in [0.2, 0.25) is 0 Å². The molecule has 0 unspecified atom stereocenters.